The molecule has 0 aromatic rings. The van der Waals surface area contributed by atoms with Crippen molar-refractivity contribution in [3.63, 3.8) is 0 Å². The second kappa shape index (κ2) is 4.92. The molecule has 2 saturated heterocycles. The molecule has 0 saturated carbocycles. The van der Waals surface area contributed by atoms with Crippen molar-refractivity contribution in [3.8, 4) is 0 Å². The van der Waals surface area contributed by atoms with Crippen LogP contribution in [0.15, 0.2) is 0 Å². The summed E-state index contributed by atoms with van der Waals surface area (Å²) < 4.78 is 5.70. The molecule has 1 unspecified atom stereocenters. The lowest BCUT2D eigenvalue weighted by Crippen LogP contribution is -2.58. The van der Waals surface area contributed by atoms with Crippen molar-refractivity contribution in [3.05, 3.63) is 0 Å². The number of nitrogens with zero attached hydrogens (tertiary/aromatic N) is 1. The van der Waals surface area contributed by atoms with E-state index in [-0.39, 0.29) is 30.3 Å². The van der Waals surface area contributed by atoms with Gasteiger partial charge in [0, 0.05) is 13.1 Å². The topological polar surface area (TPSA) is 61.8 Å². The van der Waals surface area contributed by atoms with Crippen molar-refractivity contribution >= 4 is 5.91 Å². The number of aliphatic hydroxyl groups is 1. The second-order valence-electron chi connectivity index (χ2n) is 5.55. The largest absolute Gasteiger partial charge is 0.394 e. The molecule has 0 bridgehead atoms. The summed E-state index contributed by atoms with van der Waals surface area (Å²) in [5.74, 6) is 0.150. The van der Waals surface area contributed by atoms with Crippen LogP contribution >= 0.6 is 0 Å². The van der Waals surface area contributed by atoms with Gasteiger partial charge < -0.3 is 20.1 Å². The maximum absolute atomic E-state index is 12.3. The van der Waals surface area contributed by atoms with E-state index in [9.17, 15) is 9.90 Å². The van der Waals surface area contributed by atoms with Crippen molar-refractivity contribution in [1.29, 1.82) is 0 Å². The van der Waals surface area contributed by atoms with Crippen LogP contribution < -0.4 is 5.32 Å². The fraction of sp³-hybridized carbons (Fsp3) is 0.917. The summed E-state index contributed by atoms with van der Waals surface area (Å²) in [6, 6.07) is -0.0387. The fourth-order valence-corrected chi connectivity index (χ4v) is 2.67. The lowest BCUT2D eigenvalue weighted by molar-refractivity contribution is -0.168. The van der Waals surface area contributed by atoms with Gasteiger partial charge in [0.2, 0.25) is 5.91 Å². The van der Waals surface area contributed by atoms with Crippen LogP contribution in [0, 0.1) is 0 Å². The van der Waals surface area contributed by atoms with Gasteiger partial charge in [0.1, 0.15) is 0 Å². The predicted octanol–water partition coefficient (Wildman–Crippen LogP) is -0.263. The van der Waals surface area contributed by atoms with Crippen LogP contribution in [-0.4, -0.2) is 59.9 Å². The molecular formula is C12H22N2O3. The molecule has 0 aromatic carbocycles. The van der Waals surface area contributed by atoms with E-state index >= 15 is 0 Å². The van der Waals surface area contributed by atoms with Crippen LogP contribution in [0.4, 0.5) is 0 Å². The molecule has 0 aromatic heterocycles. The maximum Gasteiger partial charge on any atom is 0.239 e. The molecule has 2 heterocycles. The van der Waals surface area contributed by atoms with Gasteiger partial charge in [-0.1, -0.05) is 0 Å². The Morgan fingerprint density at radius 3 is 2.94 bits per heavy atom. The number of rotatable bonds is 2. The molecule has 0 radical (unpaired) electrons. The van der Waals surface area contributed by atoms with Crippen molar-refractivity contribution < 1.29 is 14.6 Å². The van der Waals surface area contributed by atoms with Gasteiger partial charge >= 0.3 is 0 Å². The van der Waals surface area contributed by atoms with E-state index in [0.29, 0.717) is 13.1 Å². The monoisotopic (exact) mass is 242 g/mol. The Balaban J connectivity index is 2.01. The lowest BCUT2D eigenvalue weighted by atomic mass is 10.0. The van der Waals surface area contributed by atoms with Crippen LogP contribution in [0.5, 0.6) is 0 Å². The third kappa shape index (κ3) is 2.97. The molecule has 0 spiro atoms. The van der Waals surface area contributed by atoms with Gasteiger partial charge in [-0.25, -0.2) is 0 Å². The third-order valence-electron chi connectivity index (χ3n) is 3.36. The van der Waals surface area contributed by atoms with Gasteiger partial charge in [-0.2, -0.15) is 0 Å². The SMILES string of the molecule is CC1(C)CN(C(=O)[C@H]2CCCN2)CC(CO)O1. The van der Waals surface area contributed by atoms with Gasteiger partial charge in [0.15, 0.2) is 0 Å². The Bertz CT molecular complexity index is 287. The number of carbonyl (C=O) groups excluding carboxylic acids is 1. The van der Waals surface area contributed by atoms with E-state index < -0.39 is 0 Å². The van der Waals surface area contributed by atoms with Gasteiger partial charge in [-0.15, -0.1) is 0 Å². The quantitative estimate of drug-likeness (QED) is 0.700. The summed E-state index contributed by atoms with van der Waals surface area (Å²) in [5, 5.41) is 12.4. The van der Waals surface area contributed by atoms with E-state index in [1.807, 2.05) is 18.7 Å². The number of ether oxygens (including phenoxy) is 1. The summed E-state index contributed by atoms with van der Waals surface area (Å²) >= 11 is 0. The highest BCUT2D eigenvalue weighted by Crippen LogP contribution is 2.22. The predicted molar refractivity (Wildman–Crippen MR) is 63.6 cm³/mol. The van der Waals surface area contributed by atoms with Crippen molar-refractivity contribution in [2.75, 3.05) is 26.2 Å². The highest BCUT2D eigenvalue weighted by molar-refractivity contribution is 5.82. The molecule has 17 heavy (non-hydrogen) atoms. The van der Waals surface area contributed by atoms with Crippen molar-refractivity contribution in [2.24, 2.45) is 0 Å². The average molecular weight is 242 g/mol. The molecule has 2 atom stereocenters. The highest BCUT2D eigenvalue weighted by atomic mass is 16.5. The van der Waals surface area contributed by atoms with Gasteiger partial charge in [0.25, 0.3) is 0 Å². The summed E-state index contributed by atoms with van der Waals surface area (Å²) in [4.78, 5) is 14.1. The molecule has 2 aliphatic rings. The molecule has 2 rings (SSSR count). The van der Waals surface area contributed by atoms with E-state index in [1.165, 1.54) is 0 Å². The first kappa shape index (κ1) is 12.8. The van der Waals surface area contributed by atoms with Crippen LogP contribution in [0.25, 0.3) is 0 Å². The van der Waals surface area contributed by atoms with Gasteiger partial charge in [0.05, 0.1) is 24.4 Å². The van der Waals surface area contributed by atoms with Crippen molar-refractivity contribution in [1.82, 2.24) is 10.2 Å². The second-order valence-corrected chi connectivity index (χ2v) is 5.55. The Hall–Kier alpha value is -0.650. The minimum Gasteiger partial charge on any atom is -0.394 e. The van der Waals surface area contributed by atoms with Gasteiger partial charge in [-0.3, -0.25) is 4.79 Å². The molecule has 2 aliphatic heterocycles. The minimum atomic E-state index is -0.375. The number of aliphatic hydroxyl groups excluding tert-OH is 1. The number of hydrogen-bond acceptors (Lipinski definition) is 4. The zero-order valence-corrected chi connectivity index (χ0v) is 10.6. The van der Waals surface area contributed by atoms with E-state index in [0.717, 1.165) is 19.4 Å². The smallest absolute Gasteiger partial charge is 0.239 e. The molecule has 2 fully saturated rings. The molecule has 1 amide bonds. The first-order valence-electron chi connectivity index (χ1n) is 6.33. The number of morpholine rings is 1. The van der Waals surface area contributed by atoms with Gasteiger partial charge in [-0.05, 0) is 33.2 Å². The molecular weight excluding hydrogens is 220 g/mol. The normalized spacial score (nSPS) is 32.8. The molecule has 0 aliphatic carbocycles. The highest BCUT2D eigenvalue weighted by Gasteiger charge is 2.37. The van der Waals surface area contributed by atoms with Crippen LogP contribution in [0.2, 0.25) is 0 Å². The Morgan fingerprint density at radius 2 is 2.35 bits per heavy atom. The molecule has 2 N–H and O–H groups in total. The Kier molecular flexibility index (Phi) is 3.70. The summed E-state index contributed by atoms with van der Waals surface area (Å²) in [6.07, 6.45) is 1.72. The molecule has 98 valence electrons. The first-order valence-corrected chi connectivity index (χ1v) is 6.33. The number of hydrogen-bond donors (Lipinski definition) is 2. The van der Waals surface area contributed by atoms with Crippen LogP contribution in [0.1, 0.15) is 26.7 Å². The number of carbonyl (C=O) groups is 1. The summed E-state index contributed by atoms with van der Waals surface area (Å²) in [5.41, 5.74) is -0.375. The first-order chi connectivity index (χ1) is 8.02. The molecule has 5 heteroatoms. The third-order valence-corrected chi connectivity index (χ3v) is 3.36. The van der Waals surface area contributed by atoms with E-state index in [4.69, 9.17) is 4.74 Å². The van der Waals surface area contributed by atoms with Crippen LogP contribution in [0.3, 0.4) is 0 Å². The summed E-state index contributed by atoms with van der Waals surface area (Å²) in [7, 11) is 0. The molecule has 5 nitrogen and oxygen atoms in total. The fourth-order valence-electron chi connectivity index (χ4n) is 2.67. The zero-order chi connectivity index (χ0) is 12.5. The summed E-state index contributed by atoms with van der Waals surface area (Å²) in [6.45, 7) is 5.89. The average Bonchev–Trinajstić information content (AvgIpc) is 2.79. The number of amides is 1. The minimum absolute atomic E-state index is 0.0364. The number of nitrogens with one attached hydrogen (secondary N) is 1. The van der Waals surface area contributed by atoms with Crippen LogP contribution in [-0.2, 0) is 9.53 Å². The van der Waals surface area contributed by atoms with E-state index in [2.05, 4.69) is 5.32 Å². The van der Waals surface area contributed by atoms with E-state index in [1.54, 1.807) is 0 Å². The maximum atomic E-state index is 12.3. The Labute approximate surface area is 102 Å². The Morgan fingerprint density at radius 1 is 1.59 bits per heavy atom. The van der Waals surface area contributed by atoms with Crippen molar-refractivity contribution in [2.45, 2.75) is 44.4 Å². The zero-order valence-electron chi connectivity index (χ0n) is 10.6. The standard InChI is InChI=1S/C12H22N2O3/c1-12(2)8-14(6-9(7-15)17-12)11(16)10-4-3-5-13-10/h9-10,13,15H,3-8H2,1-2H3/t9?,10-/m1/s1. The lowest BCUT2D eigenvalue weighted by Gasteiger charge is -2.43.